The third-order valence-corrected chi connectivity index (χ3v) is 4.50. The van der Waals surface area contributed by atoms with Crippen molar-refractivity contribution in [3.05, 3.63) is 11.1 Å². The minimum atomic E-state index is -1.09. The molecule has 0 aromatic carbocycles. The van der Waals surface area contributed by atoms with Gasteiger partial charge in [-0.25, -0.2) is 4.98 Å². The van der Waals surface area contributed by atoms with E-state index in [2.05, 4.69) is 22.1 Å². The van der Waals surface area contributed by atoms with Crippen molar-refractivity contribution in [1.82, 2.24) is 10.3 Å². The van der Waals surface area contributed by atoms with Crippen LogP contribution in [0.2, 0.25) is 0 Å². The number of thiazole rings is 1. The zero-order valence-corrected chi connectivity index (χ0v) is 11.4. The number of nitrogens with zero attached hydrogens (tertiary/aromatic N) is 1. The molecule has 0 saturated carbocycles. The predicted molar refractivity (Wildman–Crippen MR) is 69.5 cm³/mol. The monoisotopic (exact) mass is 270 g/mol. The largest absolute Gasteiger partial charge is 0.350 e. The molecule has 1 aromatic heterocycles. The van der Waals surface area contributed by atoms with Gasteiger partial charge in [0.05, 0.1) is 17.0 Å². The van der Waals surface area contributed by atoms with Gasteiger partial charge in [-0.3, -0.25) is 9.00 Å². The van der Waals surface area contributed by atoms with Gasteiger partial charge in [-0.15, -0.1) is 23.2 Å². The number of nitrogens with one attached hydrogen (secondary N) is 1. The first kappa shape index (κ1) is 13.9. The molecule has 0 bridgehead atoms. The summed E-state index contributed by atoms with van der Waals surface area (Å²) in [5, 5.41) is 2.73. The first-order valence-electron chi connectivity index (χ1n) is 5.21. The summed E-state index contributed by atoms with van der Waals surface area (Å²) in [7, 11) is -1.09. The van der Waals surface area contributed by atoms with Crippen LogP contribution in [0.3, 0.4) is 0 Å². The lowest BCUT2D eigenvalue weighted by Gasteiger charge is -1.98. The number of rotatable bonds is 5. The van der Waals surface area contributed by atoms with Crippen LogP contribution >= 0.6 is 11.3 Å². The number of carbonyl (C=O) groups excluding carboxylic acids is 1. The summed E-state index contributed by atoms with van der Waals surface area (Å²) in [5.41, 5.74) is 0. The molecule has 0 fully saturated rings. The Morgan fingerprint density at radius 2 is 2.41 bits per heavy atom. The van der Waals surface area contributed by atoms with E-state index in [0.29, 0.717) is 27.9 Å². The van der Waals surface area contributed by atoms with Crippen LogP contribution in [0.5, 0.6) is 0 Å². The van der Waals surface area contributed by atoms with E-state index in [1.165, 1.54) is 17.5 Å². The van der Waals surface area contributed by atoms with Crippen molar-refractivity contribution in [2.24, 2.45) is 0 Å². The van der Waals surface area contributed by atoms with Gasteiger partial charge in [0, 0.05) is 18.7 Å². The molecule has 1 heterocycles. The Morgan fingerprint density at radius 3 is 3.06 bits per heavy atom. The lowest BCUT2D eigenvalue weighted by molar-refractivity contribution is 0.0958. The average molecular weight is 270 g/mol. The number of carbonyl (C=O) groups is 1. The number of amides is 1. The summed E-state index contributed by atoms with van der Waals surface area (Å²) in [6.45, 7) is 4.10. The summed E-state index contributed by atoms with van der Waals surface area (Å²) in [6.07, 6.45) is 2.10. The van der Waals surface area contributed by atoms with Gasteiger partial charge in [0.1, 0.15) is 4.88 Å². The second-order valence-electron chi connectivity index (χ2n) is 3.06. The van der Waals surface area contributed by atoms with E-state index in [0.717, 1.165) is 0 Å². The second kappa shape index (κ2) is 7.20. The smallest absolute Gasteiger partial charge is 0.263 e. The van der Waals surface area contributed by atoms with Crippen LogP contribution in [-0.4, -0.2) is 27.4 Å². The maximum atomic E-state index is 11.6. The Hall–Kier alpha value is -1.19. The van der Waals surface area contributed by atoms with Crippen molar-refractivity contribution < 1.29 is 9.00 Å². The minimum absolute atomic E-state index is 0.181. The normalized spacial score (nSPS) is 11.4. The van der Waals surface area contributed by atoms with Gasteiger partial charge in [0.15, 0.2) is 4.34 Å². The van der Waals surface area contributed by atoms with Crippen LogP contribution in [-0.2, 0) is 10.8 Å². The molecule has 6 heteroatoms. The van der Waals surface area contributed by atoms with Gasteiger partial charge >= 0.3 is 0 Å². The van der Waals surface area contributed by atoms with Crippen LogP contribution in [0.25, 0.3) is 0 Å². The maximum Gasteiger partial charge on any atom is 0.263 e. The molecular weight excluding hydrogens is 256 g/mol. The highest BCUT2D eigenvalue weighted by Gasteiger charge is 2.12. The summed E-state index contributed by atoms with van der Waals surface area (Å²) < 4.78 is 12.0. The zero-order chi connectivity index (χ0) is 12.7. The summed E-state index contributed by atoms with van der Waals surface area (Å²) >= 11 is 1.18. The van der Waals surface area contributed by atoms with E-state index >= 15 is 0 Å². The molecule has 92 valence electrons. The van der Waals surface area contributed by atoms with E-state index in [1.807, 2.05) is 6.92 Å². The number of hydrogen-bond acceptors (Lipinski definition) is 4. The molecule has 0 spiro atoms. The van der Waals surface area contributed by atoms with Crippen LogP contribution < -0.4 is 5.32 Å². The molecule has 1 aromatic rings. The van der Waals surface area contributed by atoms with Gasteiger partial charge in [0.25, 0.3) is 5.91 Å². The fraction of sp³-hybridized carbons (Fsp3) is 0.455. The Morgan fingerprint density at radius 1 is 1.65 bits per heavy atom. The van der Waals surface area contributed by atoms with Crippen molar-refractivity contribution in [3.8, 4) is 11.8 Å². The summed E-state index contributed by atoms with van der Waals surface area (Å²) in [6, 6.07) is 0. The van der Waals surface area contributed by atoms with E-state index in [9.17, 15) is 9.00 Å². The van der Waals surface area contributed by atoms with E-state index in [-0.39, 0.29) is 5.91 Å². The van der Waals surface area contributed by atoms with E-state index < -0.39 is 10.8 Å². The first-order chi connectivity index (χ1) is 8.19. The molecule has 1 N–H and O–H groups in total. The van der Waals surface area contributed by atoms with Crippen LogP contribution in [0.1, 0.15) is 29.9 Å². The Bertz CT molecular complexity index is 471. The molecule has 1 amide bonds. The Labute approximate surface area is 107 Å². The van der Waals surface area contributed by atoms with Crippen LogP contribution in [0.4, 0.5) is 0 Å². The fourth-order valence-electron chi connectivity index (χ4n) is 1.04. The molecule has 0 radical (unpaired) electrons. The van der Waals surface area contributed by atoms with Gasteiger partial charge in [-0.2, -0.15) is 0 Å². The van der Waals surface area contributed by atoms with Crippen molar-refractivity contribution in [3.63, 3.8) is 0 Å². The highest BCUT2D eigenvalue weighted by molar-refractivity contribution is 7.87. The third kappa shape index (κ3) is 4.29. The van der Waals surface area contributed by atoms with Crippen molar-refractivity contribution >= 4 is 28.0 Å². The van der Waals surface area contributed by atoms with Crippen molar-refractivity contribution in [2.75, 3.05) is 12.3 Å². The van der Waals surface area contributed by atoms with Crippen molar-refractivity contribution in [1.29, 1.82) is 0 Å². The van der Waals surface area contributed by atoms with Crippen molar-refractivity contribution in [2.45, 2.75) is 24.6 Å². The molecule has 0 saturated heterocycles. The molecule has 4 nitrogen and oxygen atoms in total. The second-order valence-corrected chi connectivity index (χ2v) is 6.00. The zero-order valence-electron chi connectivity index (χ0n) is 9.78. The number of aromatic nitrogens is 1. The quantitative estimate of drug-likeness (QED) is 0.650. The summed E-state index contributed by atoms with van der Waals surface area (Å²) in [4.78, 5) is 16.1. The highest BCUT2D eigenvalue weighted by atomic mass is 32.2. The van der Waals surface area contributed by atoms with Crippen LogP contribution in [0.15, 0.2) is 10.5 Å². The van der Waals surface area contributed by atoms with Crippen LogP contribution in [0, 0.1) is 11.8 Å². The van der Waals surface area contributed by atoms with E-state index in [4.69, 9.17) is 0 Å². The van der Waals surface area contributed by atoms with Gasteiger partial charge < -0.3 is 5.32 Å². The predicted octanol–water partition coefficient (Wildman–Crippen LogP) is 1.41. The molecule has 1 rings (SSSR count). The molecule has 1 unspecified atom stereocenters. The lowest BCUT2D eigenvalue weighted by atomic mass is 10.4. The van der Waals surface area contributed by atoms with Gasteiger partial charge in [0.2, 0.25) is 0 Å². The topological polar surface area (TPSA) is 59.1 Å². The van der Waals surface area contributed by atoms with E-state index in [1.54, 1.807) is 6.92 Å². The fourth-order valence-corrected chi connectivity index (χ4v) is 3.02. The highest BCUT2D eigenvalue weighted by Crippen LogP contribution is 2.16. The molecule has 17 heavy (non-hydrogen) atoms. The average Bonchev–Trinajstić information content (AvgIpc) is 2.83. The summed E-state index contributed by atoms with van der Waals surface area (Å²) in [5.74, 6) is 5.95. The SMILES string of the molecule is CC#CCCNC(=O)c1cnc(S(=O)CC)s1. The molecular formula is C11H14N2O2S2. The van der Waals surface area contributed by atoms with Gasteiger partial charge in [-0.05, 0) is 6.92 Å². The first-order valence-corrected chi connectivity index (χ1v) is 7.34. The molecule has 0 aliphatic heterocycles. The Balaban J connectivity index is 2.54. The Kier molecular flexibility index (Phi) is 5.87. The molecule has 0 aliphatic carbocycles. The number of hydrogen-bond donors (Lipinski definition) is 1. The third-order valence-electron chi connectivity index (χ3n) is 1.88. The van der Waals surface area contributed by atoms with Gasteiger partial charge in [-0.1, -0.05) is 6.92 Å². The minimum Gasteiger partial charge on any atom is -0.350 e. The molecule has 1 atom stereocenters. The standard InChI is InChI=1S/C11H14N2O2S2/c1-3-5-6-7-12-10(14)9-8-13-11(16-9)17(15)4-2/h8H,4,6-7H2,1-2H3,(H,12,14). The molecule has 0 aliphatic rings. The lowest BCUT2D eigenvalue weighted by Crippen LogP contribution is -2.23. The maximum absolute atomic E-state index is 11.6.